The summed E-state index contributed by atoms with van der Waals surface area (Å²) < 4.78 is 10.1. The van der Waals surface area contributed by atoms with Crippen molar-refractivity contribution in [2.75, 3.05) is 32.2 Å². The van der Waals surface area contributed by atoms with Gasteiger partial charge in [-0.05, 0) is 13.8 Å². The topological polar surface area (TPSA) is 99.4 Å². The van der Waals surface area contributed by atoms with Crippen molar-refractivity contribution in [1.82, 2.24) is 9.97 Å². The van der Waals surface area contributed by atoms with Crippen LogP contribution in [0.2, 0.25) is 0 Å². The maximum absolute atomic E-state index is 11.0. The summed E-state index contributed by atoms with van der Waals surface area (Å²) in [5, 5.41) is 13.9. The van der Waals surface area contributed by atoms with Crippen molar-refractivity contribution in [3.8, 4) is 5.88 Å². The first-order chi connectivity index (χ1) is 8.60. The van der Waals surface area contributed by atoms with Crippen molar-refractivity contribution in [1.29, 1.82) is 0 Å². The zero-order valence-corrected chi connectivity index (χ0v) is 10.6. The first-order valence-corrected chi connectivity index (χ1v) is 5.48. The molecule has 0 aliphatic carbocycles. The van der Waals surface area contributed by atoms with Gasteiger partial charge in [0.05, 0.1) is 11.5 Å². The molecule has 1 aromatic rings. The minimum absolute atomic E-state index is 0.0412. The van der Waals surface area contributed by atoms with Crippen LogP contribution in [0.15, 0.2) is 0 Å². The Morgan fingerprint density at radius 3 is 2.67 bits per heavy atom. The van der Waals surface area contributed by atoms with Gasteiger partial charge in [-0.3, -0.25) is 10.1 Å². The van der Waals surface area contributed by atoms with Gasteiger partial charge < -0.3 is 14.8 Å². The average Bonchev–Trinajstić information content (AvgIpc) is 2.28. The van der Waals surface area contributed by atoms with Crippen molar-refractivity contribution in [2.24, 2.45) is 0 Å². The van der Waals surface area contributed by atoms with E-state index in [2.05, 4.69) is 15.3 Å². The number of anilines is 1. The maximum atomic E-state index is 11.0. The molecule has 0 unspecified atom stereocenters. The molecule has 0 bridgehead atoms. The smallest absolute Gasteiger partial charge is 0.372 e. The molecular formula is C10H16N4O4. The molecule has 0 spiro atoms. The zero-order chi connectivity index (χ0) is 13.5. The molecule has 0 amide bonds. The molecule has 8 heteroatoms. The number of rotatable bonds is 7. The van der Waals surface area contributed by atoms with E-state index in [1.165, 1.54) is 7.11 Å². The van der Waals surface area contributed by atoms with Gasteiger partial charge in [0, 0.05) is 13.7 Å². The number of nitrogens with one attached hydrogen (secondary N) is 1. The zero-order valence-electron chi connectivity index (χ0n) is 10.6. The van der Waals surface area contributed by atoms with Crippen LogP contribution in [0.25, 0.3) is 0 Å². The second-order valence-corrected chi connectivity index (χ2v) is 3.40. The first-order valence-electron chi connectivity index (χ1n) is 5.48. The second-order valence-electron chi connectivity index (χ2n) is 3.40. The Labute approximate surface area is 104 Å². The Bertz CT molecular complexity index is 425. The summed E-state index contributed by atoms with van der Waals surface area (Å²) in [7, 11) is 1.52. The van der Waals surface area contributed by atoms with Crippen LogP contribution < -0.4 is 10.1 Å². The van der Waals surface area contributed by atoms with Crippen LogP contribution in [0.1, 0.15) is 12.7 Å². The molecule has 1 rings (SSSR count). The Morgan fingerprint density at radius 2 is 2.11 bits per heavy atom. The maximum Gasteiger partial charge on any atom is 0.372 e. The lowest BCUT2D eigenvalue weighted by molar-refractivity contribution is -0.385. The number of ether oxygens (including phenoxy) is 2. The minimum atomic E-state index is -0.556. The van der Waals surface area contributed by atoms with Gasteiger partial charge in [0.15, 0.2) is 0 Å². The molecule has 1 N–H and O–H groups in total. The molecular weight excluding hydrogens is 240 g/mol. The molecule has 1 heterocycles. The Balaban J connectivity index is 3.08. The van der Waals surface area contributed by atoms with Crippen molar-refractivity contribution < 1.29 is 14.4 Å². The minimum Gasteiger partial charge on any atom is -0.470 e. The standard InChI is InChI=1S/C10H16N4O4/c1-4-11-9-8(14(15)16)10(13-7(2)12-9)18-6-5-17-3/h4-6H2,1-3H3,(H,11,12,13). The Kier molecular flexibility index (Phi) is 5.25. The quantitative estimate of drug-likeness (QED) is 0.443. The number of methoxy groups -OCH3 is 1. The molecule has 0 saturated heterocycles. The van der Waals surface area contributed by atoms with Gasteiger partial charge in [0.1, 0.15) is 12.4 Å². The molecule has 0 aliphatic heterocycles. The number of hydrogen-bond donors (Lipinski definition) is 1. The van der Waals surface area contributed by atoms with Crippen LogP contribution in [0.4, 0.5) is 11.5 Å². The lowest BCUT2D eigenvalue weighted by atomic mass is 10.4. The van der Waals surface area contributed by atoms with Gasteiger partial charge in [-0.2, -0.15) is 4.98 Å². The Hall–Kier alpha value is -1.96. The average molecular weight is 256 g/mol. The summed E-state index contributed by atoms with van der Waals surface area (Å²) in [5.74, 6) is 0.534. The number of aryl methyl sites for hydroxylation is 1. The van der Waals surface area contributed by atoms with Gasteiger partial charge in [-0.15, -0.1) is 0 Å². The fraction of sp³-hybridized carbons (Fsp3) is 0.600. The van der Waals surface area contributed by atoms with Crippen molar-refractivity contribution in [3.05, 3.63) is 15.9 Å². The predicted molar refractivity (Wildman–Crippen MR) is 65.0 cm³/mol. The highest BCUT2D eigenvalue weighted by atomic mass is 16.6. The lowest BCUT2D eigenvalue weighted by Crippen LogP contribution is -2.11. The molecule has 0 fully saturated rings. The van der Waals surface area contributed by atoms with E-state index in [1.807, 2.05) is 6.92 Å². The summed E-state index contributed by atoms with van der Waals surface area (Å²) >= 11 is 0. The first kappa shape index (κ1) is 14.1. The van der Waals surface area contributed by atoms with E-state index in [-0.39, 0.29) is 24.0 Å². The number of nitro groups is 1. The molecule has 8 nitrogen and oxygen atoms in total. The molecule has 0 atom stereocenters. The van der Waals surface area contributed by atoms with E-state index in [1.54, 1.807) is 6.92 Å². The molecule has 0 radical (unpaired) electrons. The van der Waals surface area contributed by atoms with Crippen molar-refractivity contribution in [3.63, 3.8) is 0 Å². The molecule has 0 aliphatic rings. The van der Waals surface area contributed by atoms with Gasteiger partial charge in [0.25, 0.3) is 5.88 Å². The summed E-state index contributed by atoms with van der Waals surface area (Å²) in [4.78, 5) is 18.4. The third kappa shape index (κ3) is 3.52. The number of hydrogen-bond acceptors (Lipinski definition) is 7. The molecule has 1 aromatic heterocycles. The molecule has 100 valence electrons. The molecule has 0 saturated carbocycles. The fourth-order valence-electron chi connectivity index (χ4n) is 1.32. The van der Waals surface area contributed by atoms with E-state index < -0.39 is 4.92 Å². The van der Waals surface area contributed by atoms with Crippen LogP contribution in [0, 0.1) is 17.0 Å². The number of nitrogens with zero attached hydrogens (tertiary/aromatic N) is 3. The van der Waals surface area contributed by atoms with Crippen molar-refractivity contribution in [2.45, 2.75) is 13.8 Å². The molecule has 0 aromatic carbocycles. The highest BCUT2D eigenvalue weighted by Crippen LogP contribution is 2.31. The normalized spacial score (nSPS) is 10.2. The summed E-state index contributed by atoms with van der Waals surface area (Å²) in [6.07, 6.45) is 0. The van der Waals surface area contributed by atoms with E-state index >= 15 is 0 Å². The SMILES string of the molecule is CCNc1nc(C)nc(OCCOC)c1[N+](=O)[O-]. The van der Waals surface area contributed by atoms with E-state index in [9.17, 15) is 10.1 Å². The van der Waals surface area contributed by atoms with Gasteiger partial charge in [-0.1, -0.05) is 0 Å². The second kappa shape index (κ2) is 6.70. The third-order valence-electron chi connectivity index (χ3n) is 2.02. The van der Waals surface area contributed by atoms with Crippen LogP contribution >= 0.6 is 0 Å². The van der Waals surface area contributed by atoms with Crippen LogP contribution in [0.5, 0.6) is 5.88 Å². The highest BCUT2D eigenvalue weighted by molar-refractivity contribution is 5.61. The van der Waals surface area contributed by atoms with Crippen molar-refractivity contribution >= 4 is 11.5 Å². The van der Waals surface area contributed by atoms with E-state index in [4.69, 9.17) is 9.47 Å². The van der Waals surface area contributed by atoms with Gasteiger partial charge in [0.2, 0.25) is 5.82 Å². The monoisotopic (exact) mass is 256 g/mol. The Morgan fingerprint density at radius 1 is 1.39 bits per heavy atom. The summed E-state index contributed by atoms with van der Waals surface area (Å²) in [5.41, 5.74) is -0.251. The van der Waals surface area contributed by atoms with Gasteiger partial charge in [-0.25, -0.2) is 4.98 Å². The summed E-state index contributed by atoms with van der Waals surface area (Å²) in [6.45, 7) is 4.52. The van der Waals surface area contributed by atoms with Gasteiger partial charge >= 0.3 is 5.69 Å². The van der Waals surface area contributed by atoms with E-state index in [0.29, 0.717) is 19.0 Å². The highest BCUT2D eigenvalue weighted by Gasteiger charge is 2.25. The predicted octanol–water partition coefficient (Wildman–Crippen LogP) is 1.15. The van der Waals surface area contributed by atoms with Crippen LogP contribution in [-0.4, -0.2) is 41.8 Å². The van der Waals surface area contributed by atoms with Crippen LogP contribution in [-0.2, 0) is 4.74 Å². The number of aromatic nitrogens is 2. The lowest BCUT2D eigenvalue weighted by Gasteiger charge is -2.09. The third-order valence-corrected chi connectivity index (χ3v) is 2.02. The molecule has 18 heavy (non-hydrogen) atoms. The van der Waals surface area contributed by atoms with Crippen LogP contribution in [0.3, 0.4) is 0 Å². The fourth-order valence-corrected chi connectivity index (χ4v) is 1.32. The van der Waals surface area contributed by atoms with E-state index in [0.717, 1.165) is 0 Å². The summed E-state index contributed by atoms with van der Waals surface area (Å²) in [6, 6.07) is 0. The largest absolute Gasteiger partial charge is 0.470 e.